The third kappa shape index (κ3) is 4.42. The van der Waals surface area contributed by atoms with Gasteiger partial charge in [0.2, 0.25) is 0 Å². The number of fused-ring (bicyclic) bond motifs is 1. The van der Waals surface area contributed by atoms with E-state index in [1.165, 1.54) is 25.6 Å². The van der Waals surface area contributed by atoms with Gasteiger partial charge in [-0.25, -0.2) is 14.8 Å². The van der Waals surface area contributed by atoms with Crippen LogP contribution < -0.4 is 16.4 Å². The van der Waals surface area contributed by atoms with Gasteiger partial charge in [0.15, 0.2) is 5.78 Å². The quantitative estimate of drug-likeness (QED) is 0.486. The summed E-state index contributed by atoms with van der Waals surface area (Å²) in [5.74, 6) is 0.149. The van der Waals surface area contributed by atoms with Crippen LogP contribution in [0, 0.1) is 0 Å². The van der Waals surface area contributed by atoms with Gasteiger partial charge in [0, 0.05) is 29.5 Å². The van der Waals surface area contributed by atoms with Crippen LogP contribution in [0.25, 0.3) is 11.0 Å². The Labute approximate surface area is 193 Å². The largest absolute Gasteiger partial charge is 0.383 e. The predicted octanol–water partition coefficient (Wildman–Crippen LogP) is 4.81. The molecular weight excluding hydrogens is 416 g/mol. The van der Waals surface area contributed by atoms with Crippen molar-refractivity contribution in [3.05, 3.63) is 47.9 Å². The minimum Gasteiger partial charge on any atom is -0.383 e. The van der Waals surface area contributed by atoms with Gasteiger partial charge in [0.1, 0.15) is 17.8 Å². The van der Waals surface area contributed by atoms with Gasteiger partial charge in [-0.05, 0) is 37.8 Å². The van der Waals surface area contributed by atoms with E-state index in [0.717, 1.165) is 38.5 Å². The van der Waals surface area contributed by atoms with Crippen molar-refractivity contribution in [2.75, 3.05) is 11.1 Å². The summed E-state index contributed by atoms with van der Waals surface area (Å²) in [4.78, 5) is 34.6. The van der Waals surface area contributed by atoms with E-state index >= 15 is 0 Å². The molecule has 2 fully saturated rings. The Morgan fingerprint density at radius 1 is 1.00 bits per heavy atom. The Morgan fingerprint density at radius 2 is 1.76 bits per heavy atom. The van der Waals surface area contributed by atoms with Crippen molar-refractivity contribution in [3.63, 3.8) is 0 Å². The Morgan fingerprint density at radius 3 is 2.55 bits per heavy atom. The number of carbonyl (C=O) groups is 2. The van der Waals surface area contributed by atoms with E-state index < -0.39 is 0 Å². The summed E-state index contributed by atoms with van der Waals surface area (Å²) in [5.41, 5.74) is 8.46. The van der Waals surface area contributed by atoms with Crippen LogP contribution in [0.15, 0.2) is 36.8 Å². The predicted molar refractivity (Wildman–Crippen MR) is 128 cm³/mol. The van der Waals surface area contributed by atoms with Gasteiger partial charge in [0.05, 0.1) is 10.9 Å². The molecule has 8 nitrogen and oxygen atoms in total. The van der Waals surface area contributed by atoms with Gasteiger partial charge in [-0.3, -0.25) is 4.79 Å². The highest BCUT2D eigenvalue weighted by Gasteiger charge is 2.25. The topological polar surface area (TPSA) is 115 Å². The molecule has 2 amide bonds. The second kappa shape index (κ2) is 9.21. The van der Waals surface area contributed by atoms with Gasteiger partial charge in [0.25, 0.3) is 0 Å². The number of amides is 2. The fourth-order valence-corrected chi connectivity index (χ4v) is 5.23. The van der Waals surface area contributed by atoms with Gasteiger partial charge in [-0.15, -0.1) is 0 Å². The van der Waals surface area contributed by atoms with E-state index in [2.05, 4.69) is 25.2 Å². The summed E-state index contributed by atoms with van der Waals surface area (Å²) in [6.07, 6.45) is 13.4. The van der Waals surface area contributed by atoms with Crippen molar-refractivity contribution in [3.8, 4) is 0 Å². The highest BCUT2D eigenvalue weighted by molar-refractivity contribution is 6.18. The van der Waals surface area contributed by atoms with Gasteiger partial charge in [-0.1, -0.05) is 44.2 Å². The summed E-state index contributed by atoms with van der Waals surface area (Å²) < 4.78 is 2.09. The number of nitrogens with two attached hydrogens (primary N) is 1. The lowest BCUT2D eigenvalue weighted by Gasteiger charge is -2.22. The van der Waals surface area contributed by atoms with Crippen LogP contribution in [0.3, 0.4) is 0 Å². The van der Waals surface area contributed by atoms with Crippen LogP contribution in [0.2, 0.25) is 0 Å². The Bertz CT molecular complexity index is 1170. The highest BCUT2D eigenvalue weighted by atomic mass is 16.2. The Balaban J connectivity index is 1.40. The number of ketones is 1. The number of hydrogen-bond donors (Lipinski definition) is 3. The van der Waals surface area contributed by atoms with Crippen molar-refractivity contribution in [1.82, 2.24) is 19.9 Å². The summed E-state index contributed by atoms with van der Waals surface area (Å²) in [6, 6.07) is 7.33. The zero-order valence-electron chi connectivity index (χ0n) is 18.7. The third-order valence-electron chi connectivity index (χ3n) is 6.92. The molecule has 2 aliphatic carbocycles. The average Bonchev–Trinajstić information content (AvgIpc) is 3.48. The minimum atomic E-state index is -0.234. The first-order chi connectivity index (χ1) is 16.1. The van der Waals surface area contributed by atoms with Crippen molar-refractivity contribution >= 4 is 34.4 Å². The molecule has 1 aromatic carbocycles. The lowest BCUT2D eigenvalue weighted by Crippen LogP contribution is -2.39. The molecule has 0 bridgehead atoms. The van der Waals surface area contributed by atoms with Gasteiger partial charge in [-0.2, -0.15) is 0 Å². The van der Waals surface area contributed by atoms with Crippen LogP contribution in [0.4, 0.5) is 16.3 Å². The molecule has 172 valence electrons. The maximum atomic E-state index is 13.5. The second-order valence-corrected chi connectivity index (χ2v) is 9.19. The number of anilines is 2. The smallest absolute Gasteiger partial charge is 0.319 e. The van der Waals surface area contributed by atoms with E-state index in [-0.39, 0.29) is 17.9 Å². The molecule has 0 atom stereocenters. The molecule has 0 unspecified atom stereocenters. The van der Waals surface area contributed by atoms with E-state index in [9.17, 15) is 9.59 Å². The zero-order valence-corrected chi connectivity index (χ0v) is 18.7. The zero-order chi connectivity index (χ0) is 22.8. The number of carbonyl (C=O) groups excluding carboxylic acids is 2. The fraction of sp³-hybridized carbons (Fsp3) is 0.440. The van der Waals surface area contributed by atoms with Crippen LogP contribution in [-0.4, -0.2) is 32.4 Å². The van der Waals surface area contributed by atoms with Crippen LogP contribution in [-0.2, 0) is 0 Å². The number of urea groups is 1. The molecule has 0 saturated heterocycles. The average molecular weight is 447 g/mol. The lowest BCUT2D eigenvalue weighted by molar-refractivity contribution is 0.104. The number of nitrogen functional groups attached to an aromatic ring is 1. The summed E-state index contributed by atoms with van der Waals surface area (Å²) in [5, 5.41) is 6.52. The standard InChI is InChI=1S/C25H30N6O2/c26-23-21-20(14-31(19-11-4-5-12-19)24(21)28-15-27-23)22(32)16-7-6-10-18(13-16)30-25(33)29-17-8-2-1-3-9-17/h6-7,10,13-15,17,19H,1-5,8-9,11-12H2,(H2,26,27,28)(H2,29,30,33). The molecule has 2 saturated carbocycles. The van der Waals surface area contributed by atoms with E-state index in [0.29, 0.717) is 39.7 Å². The maximum absolute atomic E-state index is 13.5. The molecule has 2 aromatic heterocycles. The number of nitrogens with zero attached hydrogens (tertiary/aromatic N) is 3. The van der Waals surface area contributed by atoms with Crippen LogP contribution in [0.1, 0.15) is 79.8 Å². The first-order valence-corrected chi connectivity index (χ1v) is 11.9. The van der Waals surface area contributed by atoms with E-state index in [4.69, 9.17) is 5.73 Å². The summed E-state index contributed by atoms with van der Waals surface area (Å²) in [7, 11) is 0. The van der Waals surface area contributed by atoms with E-state index in [1.54, 1.807) is 24.3 Å². The monoisotopic (exact) mass is 446 g/mol. The molecule has 3 aromatic rings. The minimum absolute atomic E-state index is 0.158. The molecule has 2 heterocycles. The van der Waals surface area contributed by atoms with Gasteiger partial charge < -0.3 is 20.9 Å². The second-order valence-electron chi connectivity index (χ2n) is 9.19. The Kier molecular flexibility index (Phi) is 5.98. The van der Waals surface area contributed by atoms with Crippen molar-refractivity contribution in [2.24, 2.45) is 0 Å². The Hall–Kier alpha value is -3.42. The summed E-state index contributed by atoms with van der Waals surface area (Å²) >= 11 is 0. The molecular formula is C25H30N6O2. The van der Waals surface area contributed by atoms with Crippen molar-refractivity contribution in [1.29, 1.82) is 0 Å². The molecule has 4 N–H and O–H groups in total. The normalized spacial score (nSPS) is 17.3. The van der Waals surface area contributed by atoms with Crippen molar-refractivity contribution in [2.45, 2.75) is 69.9 Å². The maximum Gasteiger partial charge on any atom is 0.319 e. The van der Waals surface area contributed by atoms with Crippen LogP contribution in [0.5, 0.6) is 0 Å². The molecule has 8 heteroatoms. The fourth-order valence-electron chi connectivity index (χ4n) is 5.23. The molecule has 0 aliphatic heterocycles. The van der Waals surface area contributed by atoms with Gasteiger partial charge >= 0.3 is 6.03 Å². The lowest BCUT2D eigenvalue weighted by atomic mass is 9.96. The third-order valence-corrected chi connectivity index (χ3v) is 6.92. The first-order valence-electron chi connectivity index (χ1n) is 11.9. The molecule has 33 heavy (non-hydrogen) atoms. The van der Waals surface area contributed by atoms with Crippen molar-refractivity contribution < 1.29 is 9.59 Å². The summed E-state index contributed by atoms with van der Waals surface area (Å²) in [6.45, 7) is 0. The van der Waals surface area contributed by atoms with E-state index in [1.807, 2.05) is 6.20 Å². The first kappa shape index (κ1) is 21.4. The number of rotatable bonds is 5. The molecule has 0 radical (unpaired) electrons. The number of nitrogens with one attached hydrogen (secondary N) is 2. The molecule has 2 aliphatic rings. The SMILES string of the molecule is Nc1ncnc2c1c(C(=O)c1cccc(NC(=O)NC3CCCCC3)c1)cn2C1CCCC1. The highest BCUT2D eigenvalue weighted by Crippen LogP contribution is 2.35. The number of aromatic nitrogens is 3. The van der Waals surface area contributed by atoms with Crippen LogP contribution >= 0.6 is 0 Å². The molecule has 5 rings (SSSR count). The number of hydrogen-bond acceptors (Lipinski definition) is 5. The molecule has 0 spiro atoms. The number of benzene rings is 1.